The van der Waals surface area contributed by atoms with Gasteiger partial charge in [-0.1, -0.05) is 13.5 Å². The molecule has 52 valence electrons. The minimum Gasteiger partial charge on any atom is -0.393 e. The van der Waals surface area contributed by atoms with Gasteiger partial charge >= 0.3 is 0 Å². The zero-order chi connectivity index (χ0) is 7.44. The third-order valence-electron chi connectivity index (χ3n) is 1.37. The normalized spacial score (nSPS) is 16.3. The number of rotatable bonds is 3. The average Bonchev–Trinajstić information content (AvgIpc) is 1.84. The molecule has 0 aliphatic rings. The number of hydrogen-bond donors (Lipinski definition) is 1. The Labute approximate surface area is 55.2 Å². The van der Waals surface area contributed by atoms with Crippen LogP contribution < -0.4 is 0 Å². The summed E-state index contributed by atoms with van der Waals surface area (Å²) >= 11 is 0. The fourth-order valence-corrected chi connectivity index (χ4v) is 0.424. The van der Waals surface area contributed by atoms with Crippen molar-refractivity contribution in [1.29, 1.82) is 0 Å². The summed E-state index contributed by atoms with van der Waals surface area (Å²) in [5.41, 5.74) is 0. The van der Waals surface area contributed by atoms with Crippen LogP contribution in [0.2, 0.25) is 0 Å². The molecule has 0 heterocycles. The molecule has 2 unspecified atom stereocenters. The molecule has 0 saturated heterocycles. The molecule has 0 bridgehead atoms. The van der Waals surface area contributed by atoms with E-state index in [2.05, 4.69) is 6.58 Å². The zero-order valence-corrected chi connectivity index (χ0v) is 5.79. The van der Waals surface area contributed by atoms with Crippen molar-refractivity contribution in [1.82, 2.24) is 0 Å². The number of aliphatic hydroxyl groups excluding tert-OH is 1. The Morgan fingerprint density at radius 3 is 2.22 bits per heavy atom. The molecule has 0 spiro atoms. The second-order valence-electron chi connectivity index (χ2n) is 2.14. The summed E-state index contributed by atoms with van der Waals surface area (Å²) < 4.78 is 0. The Kier molecular flexibility index (Phi) is 3.17. The van der Waals surface area contributed by atoms with Crippen LogP contribution in [0.15, 0.2) is 12.7 Å². The van der Waals surface area contributed by atoms with Crippen molar-refractivity contribution in [2.45, 2.75) is 20.0 Å². The fraction of sp³-hybridized carbons (Fsp3) is 0.571. The van der Waals surface area contributed by atoms with Gasteiger partial charge in [-0.2, -0.15) is 0 Å². The van der Waals surface area contributed by atoms with Crippen LogP contribution in [0.3, 0.4) is 0 Å². The first-order chi connectivity index (χ1) is 4.09. The van der Waals surface area contributed by atoms with E-state index >= 15 is 0 Å². The molecular weight excluding hydrogens is 116 g/mol. The predicted octanol–water partition coefficient (Wildman–Crippen LogP) is 0.758. The number of carbonyl (C=O) groups is 1. The van der Waals surface area contributed by atoms with Gasteiger partial charge in [0, 0.05) is 5.92 Å². The van der Waals surface area contributed by atoms with E-state index in [4.69, 9.17) is 5.11 Å². The highest BCUT2D eigenvalue weighted by Gasteiger charge is 2.13. The molecule has 0 aliphatic carbocycles. The minimum atomic E-state index is -0.574. The Morgan fingerprint density at radius 2 is 2.11 bits per heavy atom. The van der Waals surface area contributed by atoms with Gasteiger partial charge in [0.2, 0.25) is 0 Å². The van der Waals surface area contributed by atoms with Crippen molar-refractivity contribution in [3.05, 3.63) is 12.7 Å². The second-order valence-corrected chi connectivity index (χ2v) is 2.14. The lowest BCUT2D eigenvalue weighted by atomic mass is 10.0. The van der Waals surface area contributed by atoms with E-state index in [0.717, 1.165) is 0 Å². The predicted molar refractivity (Wildman–Crippen MR) is 36.0 cm³/mol. The van der Waals surface area contributed by atoms with Crippen molar-refractivity contribution < 1.29 is 9.90 Å². The van der Waals surface area contributed by atoms with Gasteiger partial charge in [0.15, 0.2) is 5.78 Å². The average molecular weight is 128 g/mol. The van der Waals surface area contributed by atoms with Crippen molar-refractivity contribution in [2.24, 2.45) is 5.92 Å². The Balaban J connectivity index is 3.87. The van der Waals surface area contributed by atoms with Gasteiger partial charge in [-0.05, 0) is 13.0 Å². The maximum absolute atomic E-state index is 10.7. The van der Waals surface area contributed by atoms with E-state index in [0.29, 0.717) is 0 Å². The van der Waals surface area contributed by atoms with Crippen molar-refractivity contribution in [3.63, 3.8) is 0 Å². The summed E-state index contributed by atoms with van der Waals surface area (Å²) in [7, 11) is 0. The summed E-state index contributed by atoms with van der Waals surface area (Å²) in [6, 6.07) is 0. The van der Waals surface area contributed by atoms with Crippen LogP contribution in [0.4, 0.5) is 0 Å². The van der Waals surface area contributed by atoms with E-state index in [-0.39, 0.29) is 11.7 Å². The standard InChI is InChI=1S/C7H12O2/c1-4-7(9)5(2)6(3)8/h4-6,8H,1H2,2-3H3. The molecule has 0 aromatic heterocycles. The van der Waals surface area contributed by atoms with E-state index in [1.54, 1.807) is 13.8 Å². The molecule has 0 aliphatic heterocycles. The lowest BCUT2D eigenvalue weighted by Crippen LogP contribution is -2.20. The topological polar surface area (TPSA) is 37.3 Å². The Morgan fingerprint density at radius 1 is 1.67 bits per heavy atom. The molecule has 0 aromatic rings. The van der Waals surface area contributed by atoms with Crippen LogP contribution in [0.5, 0.6) is 0 Å². The molecule has 0 rings (SSSR count). The third-order valence-corrected chi connectivity index (χ3v) is 1.37. The molecule has 1 N–H and O–H groups in total. The van der Waals surface area contributed by atoms with Gasteiger partial charge in [0.25, 0.3) is 0 Å². The van der Waals surface area contributed by atoms with Crippen LogP contribution in [0.1, 0.15) is 13.8 Å². The molecule has 0 aromatic carbocycles. The van der Waals surface area contributed by atoms with Gasteiger partial charge in [-0.3, -0.25) is 4.79 Å². The van der Waals surface area contributed by atoms with Gasteiger partial charge in [-0.25, -0.2) is 0 Å². The molecule has 0 amide bonds. The summed E-state index contributed by atoms with van der Waals surface area (Å²) in [5.74, 6) is -0.424. The number of allylic oxidation sites excluding steroid dienone is 1. The maximum Gasteiger partial charge on any atom is 0.160 e. The van der Waals surface area contributed by atoms with E-state index < -0.39 is 6.10 Å². The smallest absolute Gasteiger partial charge is 0.160 e. The Bertz CT molecular complexity index is 116. The van der Waals surface area contributed by atoms with Crippen molar-refractivity contribution >= 4 is 5.78 Å². The zero-order valence-electron chi connectivity index (χ0n) is 5.79. The van der Waals surface area contributed by atoms with E-state index in [1.165, 1.54) is 6.08 Å². The first-order valence-corrected chi connectivity index (χ1v) is 2.94. The summed E-state index contributed by atoms with van der Waals surface area (Å²) in [5, 5.41) is 8.85. The maximum atomic E-state index is 10.7. The molecule has 9 heavy (non-hydrogen) atoms. The lowest BCUT2D eigenvalue weighted by Gasteiger charge is -2.09. The number of hydrogen-bond acceptors (Lipinski definition) is 2. The highest BCUT2D eigenvalue weighted by atomic mass is 16.3. The van der Waals surface area contributed by atoms with Crippen LogP contribution in [-0.4, -0.2) is 17.0 Å². The van der Waals surface area contributed by atoms with Crippen LogP contribution in [-0.2, 0) is 4.79 Å². The fourth-order valence-electron chi connectivity index (χ4n) is 0.424. The lowest BCUT2D eigenvalue weighted by molar-refractivity contribution is -0.120. The van der Waals surface area contributed by atoms with Gasteiger partial charge < -0.3 is 5.11 Å². The van der Waals surface area contributed by atoms with Gasteiger partial charge in [-0.15, -0.1) is 0 Å². The highest BCUT2D eigenvalue weighted by Crippen LogP contribution is 2.02. The molecule has 2 heteroatoms. The molecule has 0 radical (unpaired) electrons. The van der Waals surface area contributed by atoms with E-state index in [9.17, 15) is 4.79 Å². The summed E-state index contributed by atoms with van der Waals surface area (Å²) in [6.45, 7) is 6.57. The number of ketones is 1. The summed E-state index contributed by atoms with van der Waals surface area (Å²) in [4.78, 5) is 10.7. The highest BCUT2D eigenvalue weighted by molar-refractivity contribution is 5.91. The van der Waals surface area contributed by atoms with Crippen LogP contribution in [0, 0.1) is 5.92 Å². The van der Waals surface area contributed by atoms with Crippen molar-refractivity contribution in [3.8, 4) is 0 Å². The molecule has 0 fully saturated rings. The van der Waals surface area contributed by atoms with Gasteiger partial charge in [0.05, 0.1) is 6.10 Å². The van der Waals surface area contributed by atoms with E-state index in [1.807, 2.05) is 0 Å². The molecule has 2 nitrogen and oxygen atoms in total. The molecular formula is C7H12O2. The first-order valence-electron chi connectivity index (χ1n) is 2.94. The Hall–Kier alpha value is -0.630. The minimum absolute atomic E-state index is 0.106. The monoisotopic (exact) mass is 128 g/mol. The quantitative estimate of drug-likeness (QED) is 0.570. The SMILES string of the molecule is C=CC(=O)C(C)C(C)O. The largest absolute Gasteiger partial charge is 0.393 e. The first kappa shape index (κ1) is 8.37. The molecule has 2 atom stereocenters. The second kappa shape index (κ2) is 3.41. The van der Waals surface area contributed by atoms with Crippen LogP contribution in [0.25, 0.3) is 0 Å². The van der Waals surface area contributed by atoms with Crippen molar-refractivity contribution in [2.75, 3.05) is 0 Å². The number of carbonyl (C=O) groups excluding carboxylic acids is 1. The van der Waals surface area contributed by atoms with Crippen LogP contribution >= 0.6 is 0 Å². The van der Waals surface area contributed by atoms with Gasteiger partial charge in [0.1, 0.15) is 0 Å². The molecule has 0 saturated carbocycles. The number of aliphatic hydroxyl groups is 1. The third kappa shape index (κ3) is 2.42. The summed E-state index contributed by atoms with van der Waals surface area (Å²) in [6.07, 6.45) is 0.660.